The number of anilines is 1. The molecular formula is C35H42ClN3O5. The molecule has 1 aliphatic heterocycles. The van der Waals surface area contributed by atoms with Gasteiger partial charge in [0.05, 0.1) is 0 Å². The Kier molecular flexibility index (Phi) is 12.6. The van der Waals surface area contributed by atoms with Crippen LogP contribution in [-0.4, -0.2) is 42.8 Å². The Bertz CT molecular complexity index is 1500. The van der Waals surface area contributed by atoms with Crippen molar-refractivity contribution in [2.24, 2.45) is 5.92 Å². The molecule has 0 amide bonds. The maximum absolute atomic E-state index is 11.6. The summed E-state index contributed by atoms with van der Waals surface area (Å²) in [5.74, 6) is 0.828. The van der Waals surface area contributed by atoms with Crippen molar-refractivity contribution in [2.45, 2.75) is 52.6 Å². The first-order valence-electron chi connectivity index (χ1n) is 14.7. The predicted molar refractivity (Wildman–Crippen MR) is 176 cm³/mol. The van der Waals surface area contributed by atoms with Crippen molar-refractivity contribution in [1.29, 1.82) is 0 Å². The topological polar surface area (TPSA) is 114 Å². The van der Waals surface area contributed by atoms with Crippen LogP contribution < -0.4 is 10.6 Å². The first kappa shape index (κ1) is 34.4. The van der Waals surface area contributed by atoms with Crippen LogP contribution in [0.3, 0.4) is 0 Å². The number of carboxylic acid groups (broad SMARTS) is 1. The number of benzene rings is 3. The van der Waals surface area contributed by atoms with Crippen LogP contribution in [0.25, 0.3) is 22.5 Å². The molecule has 234 valence electrons. The molecule has 1 aromatic heterocycles. The number of aryl methyl sites for hydroxylation is 1. The number of hydrogen-bond donors (Lipinski definition) is 3. The maximum Gasteiger partial charge on any atom is 0.316 e. The Morgan fingerprint density at radius 2 is 1.59 bits per heavy atom. The van der Waals surface area contributed by atoms with Gasteiger partial charge in [-0.2, -0.15) is 0 Å². The highest BCUT2D eigenvalue weighted by Gasteiger charge is 2.46. The maximum atomic E-state index is 11.6. The fraction of sp³-hybridized carbons (Fsp3) is 0.343. The van der Waals surface area contributed by atoms with Gasteiger partial charge >= 0.3 is 5.97 Å². The minimum absolute atomic E-state index is 0.281. The molecule has 1 fully saturated rings. The van der Waals surface area contributed by atoms with Crippen LogP contribution in [0.2, 0.25) is 5.02 Å². The first-order chi connectivity index (χ1) is 21.1. The molecule has 9 heteroatoms. The fourth-order valence-electron chi connectivity index (χ4n) is 4.47. The van der Waals surface area contributed by atoms with Crippen LogP contribution in [0.5, 0.6) is 0 Å². The number of aromatic nitrogens is 1. The third-order valence-corrected chi connectivity index (χ3v) is 8.06. The largest absolute Gasteiger partial charge is 0.481 e. The number of carbonyl (C=O) groups is 2. The molecule has 0 saturated carbocycles. The van der Waals surface area contributed by atoms with Crippen molar-refractivity contribution in [2.75, 3.05) is 25.5 Å². The van der Waals surface area contributed by atoms with E-state index in [1.807, 2.05) is 80.7 Å². The van der Waals surface area contributed by atoms with E-state index in [-0.39, 0.29) is 6.10 Å². The Morgan fingerprint density at radius 3 is 2.05 bits per heavy atom. The number of carboxylic acids is 1. The highest BCUT2D eigenvalue weighted by molar-refractivity contribution is 6.31. The van der Waals surface area contributed by atoms with E-state index >= 15 is 0 Å². The predicted octanol–water partition coefficient (Wildman–Crippen LogP) is 7.91. The summed E-state index contributed by atoms with van der Waals surface area (Å²) in [5.41, 5.74) is 5.63. The van der Waals surface area contributed by atoms with E-state index in [1.54, 1.807) is 13.0 Å². The first-order valence-corrected chi connectivity index (χ1v) is 15.1. The second kappa shape index (κ2) is 16.1. The summed E-state index contributed by atoms with van der Waals surface area (Å²) >= 11 is 5.86. The molecule has 1 aliphatic rings. The van der Waals surface area contributed by atoms with Crippen molar-refractivity contribution >= 4 is 29.7 Å². The Balaban J connectivity index is 0.000000258. The standard InChI is InChI=1S/C21H21N3O3.C9H9ClO2.C5H12/c1-13-18(22-2)19(27-24-13)16-5-3-14(4-6-16)15-7-9-17(10-8-15)21(20(25)26)11-23-12-21;1-7(12-6-11)8-4-2-3-5-9(8)10;1-4-5(2)3/h3-10,22-23H,11-12H2,1-2H3,(H,25,26);2-7H,1H3;5H,4H2,1-3H3/t;7-;/m.1./s1. The number of nitrogens with zero attached hydrogens (tertiary/aromatic N) is 1. The van der Waals surface area contributed by atoms with Crippen LogP contribution in [-0.2, 0) is 19.7 Å². The van der Waals surface area contributed by atoms with Gasteiger partial charge in [0.2, 0.25) is 0 Å². The van der Waals surface area contributed by atoms with Crippen LogP contribution in [0.15, 0.2) is 77.3 Å². The fourth-order valence-corrected chi connectivity index (χ4v) is 4.76. The number of halogens is 1. The number of carbonyl (C=O) groups excluding carboxylic acids is 1. The van der Waals surface area contributed by atoms with Crippen LogP contribution in [0.1, 0.15) is 57.0 Å². The number of nitrogens with one attached hydrogen (secondary N) is 2. The molecular weight excluding hydrogens is 578 g/mol. The molecule has 3 N–H and O–H groups in total. The van der Waals surface area contributed by atoms with Gasteiger partial charge in [-0.25, -0.2) is 0 Å². The second-order valence-electron chi connectivity index (χ2n) is 11.1. The van der Waals surface area contributed by atoms with Crippen molar-refractivity contribution in [3.8, 4) is 22.5 Å². The van der Waals surface area contributed by atoms with Crippen LogP contribution in [0, 0.1) is 12.8 Å². The highest BCUT2D eigenvalue weighted by Crippen LogP contribution is 2.34. The molecule has 1 atom stereocenters. The summed E-state index contributed by atoms with van der Waals surface area (Å²) in [7, 11) is 1.85. The van der Waals surface area contributed by atoms with E-state index in [2.05, 4.69) is 36.6 Å². The number of hydrogen-bond acceptors (Lipinski definition) is 7. The molecule has 3 aromatic carbocycles. The Morgan fingerprint density at radius 1 is 1.05 bits per heavy atom. The lowest BCUT2D eigenvalue weighted by Crippen LogP contribution is -2.61. The SMILES string of the molecule is CCC(C)C.CNc1c(C)noc1-c1ccc(-c2ccc(C3(C(=O)O)CNC3)cc2)cc1.C[C@@H](OC=O)c1ccccc1Cl. The molecule has 44 heavy (non-hydrogen) atoms. The van der Waals surface area contributed by atoms with Gasteiger partial charge in [0.25, 0.3) is 6.47 Å². The summed E-state index contributed by atoms with van der Waals surface area (Å²) in [4.78, 5) is 21.7. The minimum Gasteiger partial charge on any atom is -0.481 e. The highest BCUT2D eigenvalue weighted by atomic mass is 35.5. The minimum atomic E-state index is -0.796. The van der Waals surface area contributed by atoms with E-state index < -0.39 is 11.4 Å². The van der Waals surface area contributed by atoms with Crippen LogP contribution in [0.4, 0.5) is 5.69 Å². The lowest BCUT2D eigenvalue weighted by Gasteiger charge is -2.39. The second-order valence-corrected chi connectivity index (χ2v) is 11.5. The molecule has 0 bridgehead atoms. The molecule has 0 aliphatic carbocycles. The van der Waals surface area contributed by atoms with E-state index in [4.69, 9.17) is 20.9 Å². The zero-order chi connectivity index (χ0) is 32.3. The van der Waals surface area contributed by atoms with Gasteiger partial charge in [0.15, 0.2) is 5.76 Å². The van der Waals surface area contributed by atoms with Gasteiger partial charge in [0.1, 0.15) is 22.9 Å². The quantitative estimate of drug-likeness (QED) is 0.162. The van der Waals surface area contributed by atoms with Crippen LogP contribution >= 0.6 is 11.6 Å². The average molecular weight is 620 g/mol. The molecule has 4 aromatic rings. The van der Waals surface area contributed by atoms with Crippen molar-refractivity contribution in [3.05, 3.63) is 94.6 Å². The van der Waals surface area contributed by atoms with Gasteiger partial charge in [-0.3, -0.25) is 9.59 Å². The van der Waals surface area contributed by atoms with Crippen molar-refractivity contribution in [1.82, 2.24) is 10.5 Å². The van der Waals surface area contributed by atoms with Gasteiger partial charge in [0, 0.05) is 36.3 Å². The van der Waals surface area contributed by atoms with E-state index in [1.165, 1.54) is 6.42 Å². The molecule has 0 unspecified atom stereocenters. The van der Waals surface area contributed by atoms with E-state index in [9.17, 15) is 14.7 Å². The third-order valence-electron chi connectivity index (χ3n) is 7.71. The average Bonchev–Trinajstić information content (AvgIpc) is 3.38. The van der Waals surface area contributed by atoms with E-state index in [0.29, 0.717) is 24.6 Å². The zero-order valence-corrected chi connectivity index (χ0v) is 26.9. The monoisotopic (exact) mass is 619 g/mol. The molecule has 1 saturated heterocycles. The molecule has 0 spiro atoms. The summed E-state index contributed by atoms with van der Waals surface area (Å²) < 4.78 is 10.2. The lowest BCUT2D eigenvalue weighted by molar-refractivity contribution is -0.146. The van der Waals surface area contributed by atoms with E-state index in [0.717, 1.165) is 50.9 Å². The lowest BCUT2D eigenvalue weighted by atomic mass is 9.75. The Labute approximate surface area is 264 Å². The Hall–Kier alpha value is -4.14. The zero-order valence-electron chi connectivity index (χ0n) is 26.2. The van der Waals surface area contributed by atoms with Gasteiger partial charge < -0.3 is 25.0 Å². The molecule has 5 rings (SSSR count). The molecule has 0 radical (unpaired) electrons. The normalized spacial score (nSPS) is 13.7. The van der Waals surface area contributed by atoms with Crippen molar-refractivity contribution in [3.63, 3.8) is 0 Å². The summed E-state index contributed by atoms with van der Waals surface area (Å²) in [6.07, 6.45) is 1.02. The van der Waals surface area contributed by atoms with Gasteiger partial charge in [-0.15, -0.1) is 0 Å². The van der Waals surface area contributed by atoms with Gasteiger partial charge in [-0.1, -0.05) is 111 Å². The number of aliphatic carboxylic acids is 1. The summed E-state index contributed by atoms with van der Waals surface area (Å²) in [5, 5.41) is 20.4. The smallest absolute Gasteiger partial charge is 0.316 e. The number of ether oxygens (including phenoxy) is 1. The molecule has 2 heterocycles. The third kappa shape index (κ3) is 8.27. The van der Waals surface area contributed by atoms with Gasteiger partial charge in [-0.05, 0) is 42.5 Å². The summed E-state index contributed by atoms with van der Waals surface area (Å²) in [6.45, 7) is 11.7. The number of rotatable bonds is 9. The summed E-state index contributed by atoms with van der Waals surface area (Å²) in [6, 6.07) is 23.1. The van der Waals surface area contributed by atoms with Crippen molar-refractivity contribution < 1.29 is 24.0 Å². The molecule has 8 nitrogen and oxygen atoms in total.